The van der Waals surface area contributed by atoms with Crippen molar-refractivity contribution < 1.29 is 19.3 Å². The molecule has 1 atom stereocenters. The lowest BCUT2D eigenvalue weighted by molar-refractivity contribution is 0.0730. The molecule has 1 saturated heterocycles. The van der Waals surface area contributed by atoms with Gasteiger partial charge in [-0.05, 0) is 69.7 Å². The molecule has 0 radical (unpaired) electrons. The maximum Gasteiger partial charge on any atom is 0.161 e. The van der Waals surface area contributed by atoms with Gasteiger partial charge in [0.05, 0.1) is 6.61 Å². The lowest BCUT2D eigenvalue weighted by atomic mass is 10.1. The van der Waals surface area contributed by atoms with E-state index in [-0.39, 0.29) is 6.61 Å². The molecule has 0 amide bonds. The maximum atomic E-state index is 10.4. The van der Waals surface area contributed by atoms with Crippen LogP contribution in [0.3, 0.4) is 0 Å². The lowest BCUT2D eigenvalue weighted by Crippen LogP contribution is -2.33. The number of benzene rings is 2. The number of hydrogen-bond donors (Lipinski definition) is 1. The van der Waals surface area contributed by atoms with E-state index < -0.39 is 6.10 Å². The fraction of sp³-hybridized carbons (Fsp3) is 0.538. The van der Waals surface area contributed by atoms with Crippen molar-refractivity contribution in [2.75, 3.05) is 53.0 Å². The Morgan fingerprint density at radius 3 is 2.47 bits per heavy atom. The van der Waals surface area contributed by atoms with Crippen LogP contribution in [0.5, 0.6) is 17.2 Å². The molecule has 176 valence electrons. The van der Waals surface area contributed by atoms with Crippen LogP contribution in [0.2, 0.25) is 0 Å². The summed E-state index contributed by atoms with van der Waals surface area (Å²) in [7, 11) is 2.00. The van der Waals surface area contributed by atoms with Crippen LogP contribution in [-0.2, 0) is 6.54 Å². The smallest absolute Gasteiger partial charge is 0.161 e. The van der Waals surface area contributed by atoms with Gasteiger partial charge in [-0.3, -0.25) is 9.80 Å². The number of rotatable bonds is 13. The van der Waals surface area contributed by atoms with Gasteiger partial charge in [0, 0.05) is 19.6 Å². The fourth-order valence-corrected chi connectivity index (χ4v) is 4.03. The van der Waals surface area contributed by atoms with Crippen LogP contribution in [0.1, 0.15) is 31.7 Å². The molecule has 2 aromatic rings. The molecule has 0 bridgehead atoms. The molecule has 1 fully saturated rings. The highest BCUT2D eigenvalue weighted by Crippen LogP contribution is 2.26. The number of ether oxygens (including phenoxy) is 3. The van der Waals surface area contributed by atoms with Gasteiger partial charge in [-0.15, -0.1) is 0 Å². The third-order valence-corrected chi connectivity index (χ3v) is 5.58. The van der Waals surface area contributed by atoms with E-state index in [0.29, 0.717) is 24.7 Å². The highest BCUT2D eigenvalue weighted by molar-refractivity contribution is 5.39. The van der Waals surface area contributed by atoms with Gasteiger partial charge in [0.1, 0.15) is 25.1 Å². The van der Waals surface area contributed by atoms with Gasteiger partial charge in [0.15, 0.2) is 11.5 Å². The van der Waals surface area contributed by atoms with Crippen LogP contribution >= 0.6 is 0 Å². The van der Waals surface area contributed by atoms with E-state index in [1.54, 1.807) is 0 Å². The Balaban J connectivity index is 1.40. The summed E-state index contributed by atoms with van der Waals surface area (Å²) in [6, 6.07) is 15.8. The van der Waals surface area contributed by atoms with Crippen LogP contribution in [-0.4, -0.2) is 74.1 Å². The van der Waals surface area contributed by atoms with E-state index in [9.17, 15) is 5.11 Å². The molecule has 1 heterocycles. The number of piperidine rings is 1. The van der Waals surface area contributed by atoms with Gasteiger partial charge in [-0.2, -0.15) is 0 Å². The van der Waals surface area contributed by atoms with Crippen molar-refractivity contribution in [1.29, 1.82) is 0 Å². The lowest BCUT2D eigenvalue weighted by Gasteiger charge is -2.26. The second-order valence-electron chi connectivity index (χ2n) is 8.44. The van der Waals surface area contributed by atoms with Crippen LogP contribution < -0.4 is 14.2 Å². The van der Waals surface area contributed by atoms with E-state index in [1.807, 2.05) is 50.4 Å². The standard InChI is InChI=1S/C26H38N2O4/c1-3-30-25-12-5-6-13-26(25)32-21-23(29)20-27(2)19-22-10-9-11-24(18-22)31-17-16-28-14-7-4-8-15-28/h5-6,9-13,18,23,29H,3-4,7-8,14-17,19-21H2,1-2H3/t23-/m1/s1. The van der Waals surface area contributed by atoms with Gasteiger partial charge in [-0.25, -0.2) is 0 Å². The Kier molecular flexibility index (Phi) is 10.1. The number of aliphatic hydroxyl groups excluding tert-OH is 1. The molecule has 0 spiro atoms. The maximum absolute atomic E-state index is 10.4. The SMILES string of the molecule is CCOc1ccccc1OC[C@H](O)CN(C)Cc1cccc(OCCN2CCCCC2)c1. The Bertz CT molecular complexity index is 795. The predicted octanol–water partition coefficient (Wildman–Crippen LogP) is 3.82. The average Bonchev–Trinajstić information content (AvgIpc) is 2.79. The van der Waals surface area contributed by atoms with E-state index in [1.165, 1.54) is 32.4 Å². The van der Waals surface area contributed by atoms with Gasteiger partial charge in [-0.1, -0.05) is 30.7 Å². The molecular weight excluding hydrogens is 404 g/mol. The minimum absolute atomic E-state index is 0.216. The zero-order chi connectivity index (χ0) is 22.6. The van der Waals surface area contributed by atoms with Crippen molar-refractivity contribution in [3.05, 3.63) is 54.1 Å². The average molecular weight is 443 g/mol. The fourth-order valence-electron chi connectivity index (χ4n) is 4.03. The van der Waals surface area contributed by atoms with Crippen LogP contribution in [0, 0.1) is 0 Å². The molecule has 0 aromatic heterocycles. The van der Waals surface area contributed by atoms with E-state index in [4.69, 9.17) is 14.2 Å². The third-order valence-electron chi connectivity index (χ3n) is 5.58. The summed E-state index contributed by atoms with van der Waals surface area (Å²) in [5.41, 5.74) is 1.16. The second kappa shape index (κ2) is 13.3. The summed E-state index contributed by atoms with van der Waals surface area (Å²) in [5, 5.41) is 10.4. The first-order valence-electron chi connectivity index (χ1n) is 11.8. The molecule has 6 heteroatoms. The second-order valence-corrected chi connectivity index (χ2v) is 8.44. The number of aliphatic hydroxyl groups is 1. The zero-order valence-corrected chi connectivity index (χ0v) is 19.5. The molecule has 1 N–H and O–H groups in total. The highest BCUT2D eigenvalue weighted by Gasteiger charge is 2.13. The Morgan fingerprint density at radius 2 is 1.72 bits per heavy atom. The van der Waals surface area contributed by atoms with Crippen molar-refractivity contribution in [3.63, 3.8) is 0 Å². The monoisotopic (exact) mass is 442 g/mol. The number of likely N-dealkylation sites (tertiary alicyclic amines) is 1. The van der Waals surface area contributed by atoms with E-state index in [0.717, 1.165) is 31.0 Å². The minimum atomic E-state index is -0.598. The van der Waals surface area contributed by atoms with Gasteiger partial charge in [0.2, 0.25) is 0 Å². The zero-order valence-electron chi connectivity index (χ0n) is 19.5. The Labute approximate surface area is 192 Å². The molecule has 1 aliphatic heterocycles. The van der Waals surface area contributed by atoms with Crippen LogP contribution in [0.25, 0.3) is 0 Å². The molecule has 1 aliphatic rings. The van der Waals surface area contributed by atoms with Crippen molar-refractivity contribution in [3.8, 4) is 17.2 Å². The molecule has 0 unspecified atom stereocenters. The summed E-state index contributed by atoms with van der Waals surface area (Å²) in [6.07, 6.45) is 3.36. The number of hydrogen-bond acceptors (Lipinski definition) is 6. The largest absolute Gasteiger partial charge is 0.492 e. The summed E-state index contributed by atoms with van der Waals surface area (Å²) in [4.78, 5) is 4.58. The van der Waals surface area contributed by atoms with Crippen molar-refractivity contribution >= 4 is 0 Å². The normalized spacial score (nSPS) is 15.5. The third kappa shape index (κ3) is 8.34. The van der Waals surface area contributed by atoms with Gasteiger partial charge < -0.3 is 19.3 Å². The van der Waals surface area contributed by atoms with Crippen LogP contribution in [0.15, 0.2) is 48.5 Å². The van der Waals surface area contributed by atoms with Crippen molar-refractivity contribution in [1.82, 2.24) is 9.80 Å². The predicted molar refractivity (Wildman–Crippen MR) is 128 cm³/mol. The first kappa shape index (κ1) is 24.4. The van der Waals surface area contributed by atoms with Crippen molar-refractivity contribution in [2.45, 2.75) is 38.8 Å². The number of para-hydroxylation sites is 2. The number of likely N-dealkylation sites (N-methyl/N-ethyl adjacent to an activating group) is 1. The molecule has 0 aliphatic carbocycles. The first-order valence-corrected chi connectivity index (χ1v) is 11.8. The first-order chi connectivity index (χ1) is 15.6. The summed E-state index contributed by atoms with van der Waals surface area (Å²) < 4.78 is 17.4. The molecule has 32 heavy (non-hydrogen) atoms. The van der Waals surface area contributed by atoms with E-state index >= 15 is 0 Å². The molecular formula is C26H38N2O4. The summed E-state index contributed by atoms with van der Waals surface area (Å²) in [5.74, 6) is 2.27. The quantitative estimate of drug-likeness (QED) is 0.509. The molecule has 2 aromatic carbocycles. The molecule has 0 saturated carbocycles. The number of nitrogens with zero attached hydrogens (tertiary/aromatic N) is 2. The summed E-state index contributed by atoms with van der Waals surface area (Å²) >= 11 is 0. The topological polar surface area (TPSA) is 54.4 Å². The Hall–Kier alpha value is -2.28. The van der Waals surface area contributed by atoms with Crippen LogP contribution in [0.4, 0.5) is 0 Å². The Morgan fingerprint density at radius 1 is 0.969 bits per heavy atom. The van der Waals surface area contributed by atoms with Crippen molar-refractivity contribution in [2.24, 2.45) is 0 Å². The molecule has 6 nitrogen and oxygen atoms in total. The van der Waals surface area contributed by atoms with E-state index in [2.05, 4.69) is 21.9 Å². The summed E-state index contributed by atoms with van der Waals surface area (Å²) in [6.45, 7) is 8.07. The highest BCUT2D eigenvalue weighted by atomic mass is 16.5. The minimum Gasteiger partial charge on any atom is -0.492 e. The molecule has 3 rings (SSSR count). The van der Waals surface area contributed by atoms with Gasteiger partial charge >= 0.3 is 0 Å². The van der Waals surface area contributed by atoms with Gasteiger partial charge in [0.25, 0.3) is 0 Å².